The van der Waals surface area contributed by atoms with Crippen LogP contribution in [0.25, 0.3) is 0 Å². The summed E-state index contributed by atoms with van der Waals surface area (Å²) in [5, 5.41) is 4.60. The molecule has 3 nitrogen and oxygen atoms in total. The van der Waals surface area contributed by atoms with Gasteiger partial charge in [-0.1, -0.05) is 0 Å². The average Bonchev–Trinajstić information content (AvgIpc) is 2.49. The van der Waals surface area contributed by atoms with Crippen molar-refractivity contribution < 1.29 is 0 Å². The summed E-state index contributed by atoms with van der Waals surface area (Å²) in [5.74, 6) is 0. The molecule has 0 amide bonds. The topological polar surface area (TPSA) is 28.2 Å². The highest BCUT2D eigenvalue weighted by Gasteiger charge is 2.19. The van der Waals surface area contributed by atoms with Crippen molar-refractivity contribution in [1.82, 2.24) is 15.2 Å². The number of piperazine rings is 1. The average molecular weight is 262 g/mol. The molecule has 2 heterocycles. The second kappa shape index (κ2) is 5.96. The van der Waals surface area contributed by atoms with Gasteiger partial charge < -0.3 is 5.32 Å². The molecule has 16 heavy (non-hydrogen) atoms. The lowest BCUT2D eigenvalue weighted by atomic mass is 10.2. The minimum atomic E-state index is 0. The summed E-state index contributed by atoms with van der Waals surface area (Å²) in [7, 11) is 0. The molecule has 0 spiro atoms. The third-order valence-corrected chi connectivity index (χ3v) is 4.04. The van der Waals surface area contributed by atoms with Gasteiger partial charge in [0.1, 0.15) is 0 Å². The summed E-state index contributed by atoms with van der Waals surface area (Å²) < 4.78 is 0. The van der Waals surface area contributed by atoms with E-state index in [1.54, 1.807) is 0 Å². The maximum Gasteiger partial charge on any atom is 0.0900 e. The van der Waals surface area contributed by atoms with Crippen LogP contribution in [0.3, 0.4) is 0 Å². The Hall–Kier alpha value is -0.160. The third kappa shape index (κ3) is 3.17. The second-order valence-corrected chi connectivity index (χ2v) is 5.55. The van der Waals surface area contributed by atoms with E-state index in [2.05, 4.69) is 36.0 Å². The Morgan fingerprint density at radius 1 is 1.50 bits per heavy atom. The van der Waals surface area contributed by atoms with Crippen LogP contribution in [0.2, 0.25) is 0 Å². The lowest BCUT2D eigenvalue weighted by Crippen LogP contribution is -2.49. The number of aryl methyl sites for hydroxylation is 2. The molecule has 1 N–H and O–H groups in total. The fraction of sp³-hybridized carbons (Fsp3) is 0.727. The lowest BCUT2D eigenvalue weighted by Gasteiger charge is -2.33. The van der Waals surface area contributed by atoms with Gasteiger partial charge in [0.05, 0.1) is 10.7 Å². The second-order valence-electron chi connectivity index (χ2n) is 4.27. The molecule has 92 valence electrons. The van der Waals surface area contributed by atoms with Crippen LogP contribution in [0.4, 0.5) is 0 Å². The zero-order valence-corrected chi connectivity index (χ0v) is 11.7. The van der Waals surface area contributed by atoms with E-state index in [-0.39, 0.29) is 12.4 Å². The molecule has 2 rings (SSSR count). The Morgan fingerprint density at radius 2 is 2.25 bits per heavy atom. The molecule has 1 atom stereocenters. The summed E-state index contributed by atoms with van der Waals surface area (Å²) in [6.45, 7) is 10.9. The molecule has 0 aromatic carbocycles. The smallest absolute Gasteiger partial charge is 0.0900 e. The highest BCUT2D eigenvalue weighted by Crippen LogP contribution is 2.20. The van der Waals surface area contributed by atoms with Crippen LogP contribution in [0.15, 0.2) is 0 Å². The minimum absolute atomic E-state index is 0. The van der Waals surface area contributed by atoms with Crippen LogP contribution in [-0.2, 0) is 6.54 Å². The maximum atomic E-state index is 4.48. The predicted octanol–water partition coefficient (Wildman–Crippen LogP) is 1.98. The quantitative estimate of drug-likeness (QED) is 0.883. The van der Waals surface area contributed by atoms with Crippen molar-refractivity contribution in [1.29, 1.82) is 0 Å². The number of aromatic nitrogens is 1. The number of nitrogens with one attached hydrogen (secondary N) is 1. The van der Waals surface area contributed by atoms with E-state index in [9.17, 15) is 0 Å². The Bertz CT molecular complexity index is 340. The number of thiazole rings is 1. The van der Waals surface area contributed by atoms with E-state index in [4.69, 9.17) is 0 Å². The molecule has 1 aliphatic rings. The van der Waals surface area contributed by atoms with Gasteiger partial charge in [0.2, 0.25) is 0 Å². The molecule has 1 saturated heterocycles. The fourth-order valence-corrected chi connectivity index (χ4v) is 2.99. The zero-order valence-electron chi connectivity index (χ0n) is 10.1. The molecule has 0 bridgehead atoms. The monoisotopic (exact) mass is 261 g/mol. The molecule has 5 heteroatoms. The van der Waals surface area contributed by atoms with Crippen LogP contribution in [-0.4, -0.2) is 35.6 Å². The van der Waals surface area contributed by atoms with Gasteiger partial charge in [0.15, 0.2) is 0 Å². The van der Waals surface area contributed by atoms with Crippen molar-refractivity contribution in [3.8, 4) is 0 Å². The van der Waals surface area contributed by atoms with Crippen LogP contribution in [0, 0.1) is 13.8 Å². The SMILES string of the molecule is Cc1nc(C)c(CN2CCNC[C@@H]2C)s1.Cl. The summed E-state index contributed by atoms with van der Waals surface area (Å²) >= 11 is 1.84. The highest BCUT2D eigenvalue weighted by molar-refractivity contribution is 7.11. The number of nitrogens with zero attached hydrogens (tertiary/aromatic N) is 2. The standard InChI is InChI=1S/C11H19N3S.ClH/c1-8-6-12-4-5-14(8)7-11-9(2)13-10(3)15-11;/h8,12H,4-7H2,1-3H3;1H/t8-;/m0./s1. The minimum Gasteiger partial charge on any atom is -0.314 e. The number of rotatable bonds is 2. The molecular weight excluding hydrogens is 242 g/mol. The highest BCUT2D eigenvalue weighted by atomic mass is 35.5. The number of hydrogen-bond donors (Lipinski definition) is 1. The molecule has 0 aliphatic carbocycles. The van der Waals surface area contributed by atoms with Crippen LogP contribution in [0.5, 0.6) is 0 Å². The summed E-state index contributed by atoms with van der Waals surface area (Å²) in [6.07, 6.45) is 0. The first-order chi connectivity index (χ1) is 7.16. The van der Waals surface area contributed by atoms with Crippen molar-refractivity contribution in [2.45, 2.75) is 33.4 Å². The molecule has 1 aliphatic heterocycles. The van der Waals surface area contributed by atoms with Gasteiger partial charge in [-0.25, -0.2) is 4.98 Å². The van der Waals surface area contributed by atoms with Crippen molar-refractivity contribution >= 4 is 23.7 Å². The van der Waals surface area contributed by atoms with Gasteiger partial charge in [0.25, 0.3) is 0 Å². The molecule has 1 aromatic heterocycles. The van der Waals surface area contributed by atoms with Gasteiger partial charge >= 0.3 is 0 Å². The molecule has 0 radical (unpaired) electrons. The van der Waals surface area contributed by atoms with Gasteiger partial charge in [-0.15, -0.1) is 23.7 Å². The number of halogens is 1. The Kier molecular flexibility index (Phi) is 5.18. The summed E-state index contributed by atoms with van der Waals surface area (Å²) in [6, 6.07) is 0.639. The van der Waals surface area contributed by atoms with Crippen LogP contribution >= 0.6 is 23.7 Å². The van der Waals surface area contributed by atoms with E-state index >= 15 is 0 Å². The van der Waals surface area contributed by atoms with Crippen LogP contribution < -0.4 is 5.32 Å². The Labute approximate surface area is 108 Å². The largest absolute Gasteiger partial charge is 0.314 e. The first-order valence-corrected chi connectivity index (χ1v) is 6.36. The molecular formula is C11H20ClN3S. The van der Waals surface area contributed by atoms with Gasteiger partial charge in [-0.3, -0.25) is 4.90 Å². The molecule has 0 saturated carbocycles. The van der Waals surface area contributed by atoms with Crippen LogP contribution in [0.1, 0.15) is 22.5 Å². The summed E-state index contributed by atoms with van der Waals surface area (Å²) in [5.41, 5.74) is 1.21. The van der Waals surface area contributed by atoms with Gasteiger partial charge in [0, 0.05) is 37.1 Å². The number of hydrogen-bond acceptors (Lipinski definition) is 4. The first-order valence-electron chi connectivity index (χ1n) is 5.54. The van der Waals surface area contributed by atoms with E-state index in [1.807, 2.05) is 11.3 Å². The maximum absolute atomic E-state index is 4.48. The van der Waals surface area contributed by atoms with E-state index in [0.29, 0.717) is 6.04 Å². The normalized spacial score (nSPS) is 21.8. The molecule has 1 aromatic rings. The zero-order chi connectivity index (χ0) is 10.8. The van der Waals surface area contributed by atoms with Gasteiger partial charge in [-0.05, 0) is 20.8 Å². The van der Waals surface area contributed by atoms with Crippen molar-refractivity contribution in [2.75, 3.05) is 19.6 Å². The first kappa shape index (κ1) is 13.9. The van der Waals surface area contributed by atoms with E-state index in [0.717, 1.165) is 26.2 Å². The van der Waals surface area contributed by atoms with E-state index in [1.165, 1.54) is 15.6 Å². The third-order valence-electron chi connectivity index (χ3n) is 2.99. The van der Waals surface area contributed by atoms with Crippen molar-refractivity contribution in [3.63, 3.8) is 0 Å². The fourth-order valence-electron chi connectivity index (χ4n) is 2.02. The van der Waals surface area contributed by atoms with Gasteiger partial charge in [-0.2, -0.15) is 0 Å². The lowest BCUT2D eigenvalue weighted by molar-refractivity contribution is 0.167. The summed E-state index contributed by atoms with van der Waals surface area (Å²) in [4.78, 5) is 8.45. The van der Waals surface area contributed by atoms with Crippen molar-refractivity contribution in [2.24, 2.45) is 0 Å². The Balaban J connectivity index is 0.00000128. The van der Waals surface area contributed by atoms with E-state index < -0.39 is 0 Å². The molecule has 0 unspecified atom stereocenters. The van der Waals surface area contributed by atoms with Crippen molar-refractivity contribution in [3.05, 3.63) is 15.6 Å². The Morgan fingerprint density at radius 3 is 2.81 bits per heavy atom. The molecule has 1 fully saturated rings. The predicted molar refractivity (Wildman–Crippen MR) is 71.6 cm³/mol.